The lowest BCUT2D eigenvalue weighted by atomic mass is 10.2. The lowest BCUT2D eigenvalue weighted by Crippen LogP contribution is -2.57. The highest BCUT2D eigenvalue weighted by Gasteiger charge is 2.44. The van der Waals surface area contributed by atoms with Gasteiger partial charge in [0.15, 0.2) is 0 Å². The first-order valence-corrected chi connectivity index (χ1v) is 8.19. The predicted molar refractivity (Wildman–Crippen MR) is 86.9 cm³/mol. The van der Waals surface area contributed by atoms with Gasteiger partial charge in [-0.25, -0.2) is 9.18 Å². The molecule has 2 atom stereocenters. The second-order valence-electron chi connectivity index (χ2n) is 6.14. The van der Waals surface area contributed by atoms with Crippen LogP contribution in [0.1, 0.15) is 13.3 Å². The lowest BCUT2D eigenvalue weighted by molar-refractivity contribution is 0.0573. The summed E-state index contributed by atoms with van der Waals surface area (Å²) in [7, 11) is 0. The summed E-state index contributed by atoms with van der Waals surface area (Å²) in [4.78, 5) is 18.2. The number of piperazine rings is 1. The van der Waals surface area contributed by atoms with E-state index < -0.39 is 6.09 Å². The van der Waals surface area contributed by atoms with E-state index in [0.717, 1.165) is 32.7 Å². The molecule has 1 aromatic carbocycles. The zero-order valence-electron chi connectivity index (χ0n) is 13.7. The fraction of sp³-hybridized carbons (Fsp3) is 0.529. The van der Waals surface area contributed by atoms with Crippen LogP contribution in [0.25, 0.3) is 0 Å². The molecule has 0 aliphatic carbocycles. The molecule has 0 N–H and O–H groups in total. The zero-order chi connectivity index (χ0) is 17.1. The van der Waals surface area contributed by atoms with Crippen LogP contribution in [0.2, 0.25) is 0 Å². The van der Waals surface area contributed by atoms with Gasteiger partial charge in [0.25, 0.3) is 0 Å². The van der Waals surface area contributed by atoms with Crippen molar-refractivity contribution < 1.29 is 13.9 Å². The standard InChI is InChI=1S/C17H21FN4O2/c1-13-16(21-10-8-20(9-11-21)7-3-6-19)22(17(23)24-13)15-5-2-4-14(18)12-15/h2,4-5,12-13,16H,3,7-11H2,1H3. The van der Waals surface area contributed by atoms with Gasteiger partial charge in [-0.3, -0.25) is 14.7 Å². The van der Waals surface area contributed by atoms with Crippen molar-refractivity contribution in [1.29, 1.82) is 5.26 Å². The average Bonchev–Trinajstić information content (AvgIpc) is 2.87. The smallest absolute Gasteiger partial charge is 0.416 e. The Bertz CT molecular complexity index is 640. The minimum absolute atomic E-state index is 0.239. The van der Waals surface area contributed by atoms with Crippen molar-refractivity contribution in [2.24, 2.45) is 0 Å². The third-order valence-electron chi connectivity index (χ3n) is 4.58. The molecule has 2 saturated heterocycles. The van der Waals surface area contributed by atoms with E-state index in [0.29, 0.717) is 12.1 Å². The molecule has 7 heteroatoms. The first-order chi connectivity index (χ1) is 11.6. The van der Waals surface area contributed by atoms with E-state index in [1.54, 1.807) is 17.0 Å². The molecule has 2 aliphatic rings. The van der Waals surface area contributed by atoms with Crippen LogP contribution in [-0.4, -0.2) is 60.9 Å². The van der Waals surface area contributed by atoms with Crippen LogP contribution in [0.5, 0.6) is 0 Å². The molecule has 0 radical (unpaired) electrons. The Kier molecular flexibility index (Phi) is 4.97. The molecular weight excluding hydrogens is 311 g/mol. The highest BCUT2D eigenvalue weighted by molar-refractivity contribution is 5.90. The third kappa shape index (κ3) is 3.35. The highest BCUT2D eigenvalue weighted by atomic mass is 19.1. The number of ether oxygens (including phenoxy) is 1. The number of carbonyl (C=O) groups is 1. The van der Waals surface area contributed by atoms with Gasteiger partial charge in [0.1, 0.15) is 18.1 Å². The number of carbonyl (C=O) groups excluding carboxylic acids is 1. The molecule has 1 aromatic rings. The van der Waals surface area contributed by atoms with E-state index >= 15 is 0 Å². The summed E-state index contributed by atoms with van der Waals surface area (Å²) < 4.78 is 19.0. The van der Waals surface area contributed by atoms with Crippen molar-refractivity contribution in [2.75, 3.05) is 37.6 Å². The molecule has 24 heavy (non-hydrogen) atoms. The molecule has 0 saturated carbocycles. The summed E-state index contributed by atoms with van der Waals surface area (Å²) in [5, 5.41) is 8.69. The number of amides is 1. The van der Waals surface area contributed by atoms with Gasteiger partial charge in [0.05, 0.1) is 11.8 Å². The zero-order valence-corrected chi connectivity index (χ0v) is 13.7. The average molecular weight is 332 g/mol. The Balaban J connectivity index is 1.73. The summed E-state index contributed by atoms with van der Waals surface area (Å²) in [6.45, 7) is 5.88. The first-order valence-electron chi connectivity index (χ1n) is 8.19. The fourth-order valence-electron chi connectivity index (χ4n) is 3.40. The number of anilines is 1. The van der Waals surface area contributed by atoms with E-state index in [-0.39, 0.29) is 18.1 Å². The Labute approximate surface area is 141 Å². The third-order valence-corrected chi connectivity index (χ3v) is 4.58. The van der Waals surface area contributed by atoms with Gasteiger partial charge in [-0.1, -0.05) is 6.07 Å². The highest BCUT2D eigenvalue weighted by Crippen LogP contribution is 2.30. The number of cyclic esters (lactones) is 1. The summed E-state index contributed by atoms with van der Waals surface area (Å²) in [6, 6.07) is 8.20. The van der Waals surface area contributed by atoms with E-state index in [1.807, 2.05) is 6.92 Å². The molecule has 0 bridgehead atoms. The number of hydrogen-bond donors (Lipinski definition) is 0. The van der Waals surface area contributed by atoms with Crippen molar-refractivity contribution in [3.63, 3.8) is 0 Å². The SMILES string of the molecule is CC1OC(=O)N(c2cccc(F)c2)C1N1CCN(CCC#N)CC1. The summed E-state index contributed by atoms with van der Waals surface area (Å²) >= 11 is 0. The van der Waals surface area contributed by atoms with Gasteiger partial charge < -0.3 is 4.74 Å². The quantitative estimate of drug-likeness (QED) is 0.844. The normalized spacial score (nSPS) is 25.5. The number of halogens is 1. The van der Waals surface area contributed by atoms with Gasteiger partial charge in [0.2, 0.25) is 0 Å². The molecule has 3 rings (SSSR count). The molecule has 2 fully saturated rings. The first kappa shape index (κ1) is 16.7. The molecule has 6 nitrogen and oxygen atoms in total. The van der Waals surface area contributed by atoms with Crippen LogP contribution in [0, 0.1) is 17.1 Å². The Morgan fingerprint density at radius 2 is 2.08 bits per heavy atom. The summed E-state index contributed by atoms with van der Waals surface area (Å²) in [5.74, 6) is -0.375. The fourth-order valence-corrected chi connectivity index (χ4v) is 3.40. The van der Waals surface area contributed by atoms with Crippen molar-refractivity contribution in [1.82, 2.24) is 9.80 Å². The maximum absolute atomic E-state index is 13.6. The second-order valence-corrected chi connectivity index (χ2v) is 6.14. The van der Waals surface area contributed by atoms with E-state index in [2.05, 4.69) is 15.9 Å². The van der Waals surface area contributed by atoms with Gasteiger partial charge in [-0.2, -0.15) is 5.26 Å². The molecule has 0 spiro atoms. The number of hydrogen-bond acceptors (Lipinski definition) is 5. The molecule has 128 valence electrons. The number of nitriles is 1. The van der Waals surface area contributed by atoms with Crippen LogP contribution in [-0.2, 0) is 4.74 Å². The van der Waals surface area contributed by atoms with Crippen LogP contribution in [0.3, 0.4) is 0 Å². The predicted octanol–water partition coefficient (Wildman–Crippen LogP) is 2.03. The Morgan fingerprint density at radius 3 is 2.75 bits per heavy atom. The molecule has 2 aliphatic heterocycles. The number of rotatable bonds is 4. The van der Waals surface area contributed by atoms with Gasteiger partial charge >= 0.3 is 6.09 Å². The molecule has 0 aromatic heterocycles. The van der Waals surface area contributed by atoms with Crippen LogP contribution in [0.15, 0.2) is 24.3 Å². The second kappa shape index (κ2) is 7.16. The van der Waals surface area contributed by atoms with E-state index in [1.165, 1.54) is 12.1 Å². The minimum Gasteiger partial charge on any atom is -0.442 e. The van der Waals surface area contributed by atoms with Crippen molar-refractivity contribution in [3.05, 3.63) is 30.1 Å². The maximum atomic E-state index is 13.6. The Hall–Kier alpha value is -2.17. The monoisotopic (exact) mass is 332 g/mol. The van der Waals surface area contributed by atoms with Crippen molar-refractivity contribution in [2.45, 2.75) is 25.6 Å². The molecule has 2 unspecified atom stereocenters. The maximum Gasteiger partial charge on any atom is 0.416 e. The van der Waals surface area contributed by atoms with Gasteiger partial charge in [-0.05, 0) is 25.1 Å². The number of nitrogens with zero attached hydrogens (tertiary/aromatic N) is 4. The van der Waals surface area contributed by atoms with E-state index in [9.17, 15) is 9.18 Å². The molecule has 1 amide bonds. The topological polar surface area (TPSA) is 59.8 Å². The minimum atomic E-state index is -0.440. The largest absolute Gasteiger partial charge is 0.442 e. The van der Waals surface area contributed by atoms with Gasteiger partial charge in [-0.15, -0.1) is 0 Å². The van der Waals surface area contributed by atoms with Gasteiger partial charge in [0, 0.05) is 39.1 Å². The Morgan fingerprint density at radius 1 is 1.33 bits per heavy atom. The van der Waals surface area contributed by atoms with E-state index in [4.69, 9.17) is 10.00 Å². The van der Waals surface area contributed by atoms with Crippen LogP contribution in [0.4, 0.5) is 14.9 Å². The molecular formula is C17H21FN4O2. The van der Waals surface area contributed by atoms with Crippen molar-refractivity contribution >= 4 is 11.8 Å². The lowest BCUT2D eigenvalue weighted by Gasteiger charge is -2.40. The van der Waals surface area contributed by atoms with Crippen LogP contribution < -0.4 is 4.90 Å². The summed E-state index contributed by atoms with van der Waals surface area (Å²) in [6.07, 6.45) is -0.439. The number of benzene rings is 1. The molecule has 2 heterocycles. The van der Waals surface area contributed by atoms with Crippen molar-refractivity contribution in [3.8, 4) is 6.07 Å². The van der Waals surface area contributed by atoms with Crippen LogP contribution >= 0.6 is 0 Å². The summed E-state index contributed by atoms with van der Waals surface area (Å²) in [5.41, 5.74) is 0.515.